The van der Waals surface area contributed by atoms with E-state index in [1.165, 1.54) is 24.3 Å². The van der Waals surface area contributed by atoms with Crippen LogP contribution in [-0.2, 0) is 14.8 Å². The number of amides is 1. The van der Waals surface area contributed by atoms with Crippen LogP contribution in [0.15, 0.2) is 47.4 Å². The van der Waals surface area contributed by atoms with Crippen molar-refractivity contribution in [3.05, 3.63) is 58.1 Å². The molecule has 2 aromatic rings. The largest absolute Gasteiger partial charge is 0.377 e. The second-order valence-corrected chi connectivity index (χ2v) is 9.23. The number of carbonyl (C=O) groups excluding carboxylic acids is 1. The Hall–Kier alpha value is -1.80. The van der Waals surface area contributed by atoms with Gasteiger partial charge in [0.05, 0.1) is 11.1 Å². The van der Waals surface area contributed by atoms with Gasteiger partial charge in [-0.2, -0.15) is 0 Å². The van der Waals surface area contributed by atoms with Crippen molar-refractivity contribution in [1.82, 2.24) is 4.90 Å². The topological polar surface area (TPSA) is 75.7 Å². The van der Waals surface area contributed by atoms with E-state index in [1.54, 1.807) is 23.1 Å². The van der Waals surface area contributed by atoms with E-state index in [9.17, 15) is 13.2 Å². The Labute approximate surface area is 180 Å². The van der Waals surface area contributed by atoms with Crippen LogP contribution in [0.25, 0.3) is 0 Å². The Morgan fingerprint density at radius 2 is 2.03 bits per heavy atom. The zero-order chi connectivity index (χ0) is 21.0. The molecule has 6 nitrogen and oxygen atoms in total. The van der Waals surface area contributed by atoms with Crippen LogP contribution in [0.1, 0.15) is 30.1 Å². The number of anilines is 1. The summed E-state index contributed by atoms with van der Waals surface area (Å²) in [5, 5.41) is 0.317. The van der Waals surface area contributed by atoms with E-state index in [4.69, 9.17) is 27.9 Å². The summed E-state index contributed by atoms with van der Waals surface area (Å²) in [6, 6.07) is 10.6. The first kappa shape index (κ1) is 21.9. The van der Waals surface area contributed by atoms with Gasteiger partial charge in [0, 0.05) is 36.0 Å². The second kappa shape index (κ2) is 9.34. The van der Waals surface area contributed by atoms with Crippen LogP contribution in [0.2, 0.25) is 10.0 Å². The normalized spacial score (nSPS) is 17.2. The fraction of sp³-hybridized carbons (Fsp3) is 0.350. The highest BCUT2D eigenvalue weighted by atomic mass is 35.5. The highest BCUT2D eigenvalue weighted by molar-refractivity contribution is 7.92. The van der Waals surface area contributed by atoms with E-state index in [1.807, 2.05) is 6.92 Å². The molecule has 29 heavy (non-hydrogen) atoms. The molecule has 0 saturated carbocycles. The third kappa shape index (κ3) is 5.42. The fourth-order valence-corrected chi connectivity index (χ4v) is 5.10. The predicted molar refractivity (Wildman–Crippen MR) is 114 cm³/mol. The first-order valence-electron chi connectivity index (χ1n) is 9.29. The maximum absolute atomic E-state index is 12.9. The SMILES string of the molecule is CCOC1CCCN(C(=O)c2cccc(NS(=O)(=O)c3cc(Cl)ccc3Cl)c2)C1. The van der Waals surface area contributed by atoms with Gasteiger partial charge in [0.15, 0.2) is 0 Å². The molecule has 1 saturated heterocycles. The standard InChI is InChI=1S/C20H22Cl2N2O4S/c1-2-28-17-7-4-10-24(13-17)20(25)14-5-3-6-16(11-14)23-29(26,27)19-12-15(21)8-9-18(19)22/h3,5-6,8-9,11-12,17,23H,2,4,7,10,13H2,1H3. The molecule has 2 aromatic carbocycles. The minimum atomic E-state index is -3.96. The Bertz CT molecular complexity index is 996. The van der Waals surface area contributed by atoms with Crippen molar-refractivity contribution in [3.8, 4) is 0 Å². The van der Waals surface area contributed by atoms with Crippen LogP contribution in [0, 0.1) is 0 Å². The van der Waals surface area contributed by atoms with Crippen molar-refractivity contribution >= 4 is 44.8 Å². The van der Waals surface area contributed by atoms with E-state index < -0.39 is 10.0 Å². The number of carbonyl (C=O) groups is 1. The highest BCUT2D eigenvalue weighted by Gasteiger charge is 2.25. The second-order valence-electron chi connectivity index (χ2n) is 6.73. The minimum Gasteiger partial charge on any atom is -0.377 e. The summed E-state index contributed by atoms with van der Waals surface area (Å²) in [5.41, 5.74) is 0.671. The Kier molecular flexibility index (Phi) is 7.05. The van der Waals surface area contributed by atoms with Gasteiger partial charge in [0.1, 0.15) is 4.90 Å². The van der Waals surface area contributed by atoms with Gasteiger partial charge in [-0.1, -0.05) is 29.3 Å². The molecular weight excluding hydrogens is 435 g/mol. The summed E-state index contributed by atoms with van der Waals surface area (Å²) in [7, 11) is -3.96. The number of benzene rings is 2. The lowest BCUT2D eigenvalue weighted by atomic mass is 10.1. The Morgan fingerprint density at radius 1 is 1.24 bits per heavy atom. The number of hydrogen-bond donors (Lipinski definition) is 1. The predicted octanol–water partition coefficient (Wildman–Crippen LogP) is 4.44. The Balaban J connectivity index is 1.79. The van der Waals surface area contributed by atoms with Crippen LogP contribution in [-0.4, -0.2) is 45.0 Å². The number of hydrogen-bond acceptors (Lipinski definition) is 4. The summed E-state index contributed by atoms with van der Waals surface area (Å²) in [6.45, 7) is 3.72. The molecule has 1 aliphatic heterocycles. The summed E-state index contributed by atoms with van der Waals surface area (Å²) >= 11 is 11.9. The lowest BCUT2D eigenvalue weighted by Gasteiger charge is -2.32. The molecule has 1 aliphatic rings. The molecule has 0 spiro atoms. The van der Waals surface area contributed by atoms with Gasteiger partial charge >= 0.3 is 0 Å². The molecule has 9 heteroatoms. The van der Waals surface area contributed by atoms with Crippen LogP contribution in [0.5, 0.6) is 0 Å². The summed E-state index contributed by atoms with van der Waals surface area (Å²) in [6.07, 6.45) is 1.83. The van der Waals surface area contributed by atoms with Crippen molar-refractivity contribution in [1.29, 1.82) is 0 Å². The third-order valence-electron chi connectivity index (χ3n) is 4.61. The summed E-state index contributed by atoms with van der Waals surface area (Å²) in [4.78, 5) is 14.5. The molecule has 1 unspecified atom stereocenters. The number of sulfonamides is 1. The van der Waals surface area contributed by atoms with Crippen molar-refractivity contribution in [3.63, 3.8) is 0 Å². The molecule has 0 bridgehead atoms. The lowest BCUT2D eigenvalue weighted by molar-refractivity contribution is 0.00724. The molecule has 0 radical (unpaired) electrons. The zero-order valence-electron chi connectivity index (χ0n) is 15.9. The number of piperidine rings is 1. The van der Waals surface area contributed by atoms with E-state index in [0.717, 1.165) is 12.8 Å². The van der Waals surface area contributed by atoms with E-state index in [-0.39, 0.29) is 32.6 Å². The van der Waals surface area contributed by atoms with Crippen LogP contribution < -0.4 is 4.72 Å². The smallest absolute Gasteiger partial charge is 0.263 e. The molecule has 1 atom stereocenters. The van der Waals surface area contributed by atoms with Gasteiger partial charge in [-0.15, -0.1) is 0 Å². The molecular formula is C20H22Cl2N2O4S. The van der Waals surface area contributed by atoms with Gasteiger partial charge in [-0.3, -0.25) is 9.52 Å². The lowest BCUT2D eigenvalue weighted by Crippen LogP contribution is -2.43. The van der Waals surface area contributed by atoms with Gasteiger partial charge in [-0.25, -0.2) is 8.42 Å². The van der Waals surface area contributed by atoms with Crippen molar-refractivity contribution in [2.45, 2.75) is 30.8 Å². The average molecular weight is 457 g/mol. The number of ether oxygens (including phenoxy) is 1. The molecule has 3 rings (SSSR count). The molecule has 0 aliphatic carbocycles. The third-order valence-corrected chi connectivity index (χ3v) is 6.71. The van der Waals surface area contributed by atoms with Crippen molar-refractivity contribution in [2.24, 2.45) is 0 Å². The van der Waals surface area contributed by atoms with E-state index in [2.05, 4.69) is 4.72 Å². The zero-order valence-corrected chi connectivity index (χ0v) is 18.2. The minimum absolute atomic E-state index is 0.0318. The number of likely N-dealkylation sites (tertiary alicyclic amines) is 1. The summed E-state index contributed by atoms with van der Waals surface area (Å²) in [5.74, 6) is -0.156. The average Bonchev–Trinajstić information content (AvgIpc) is 2.69. The number of rotatable bonds is 6. The van der Waals surface area contributed by atoms with Crippen LogP contribution in [0.3, 0.4) is 0 Å². The molecule has 156 valence electrons. The monoisotopic (exact) mass is 456 g/mol. The molecule has 1 amide bonds. The van der Waals surface area contributed by atoms with E-state index >= 15 is 0 Å². The fourth-order valence-electron chi connectivity index (χ4n) is 3.29. The van der Waals surface area contributed by atoms with E-state index in [0.29, 0.717) is 25.3 Å². The van der Waals surface area contributed by atoms with Gasteiger partial charge < -0.3 is 9.64 Å². The molecule has 1 N–H and O–H groups in total. The number of halogens is 2. The molecule has 1 heterocycles. The van der Waals surface area contributed by atoms with Crippen LogP contribution >= 0.6 is 23.2 Å². The highest BCUT2D eigenvalue weighted by Crippen LogP contribution is 2.27. The van der Waals surface area contributed by atoms with Crippen molar-refractivity contribution in [2.75, 3.05) is 24.4 Å². The van der Waals surface area contributed by atoms with Gasteiger partial charge in [0.25, 0.3) is 15.9 Å². The van der Waals surface area contributed by atoms with Crippen LogP contribution in [0.4, 0.5) is 5.69 Å². The first-order valence-corrected chi connectivity index (χ1v) is 11.5. The number of nitrogens with zero attached hydrogens (tertiary/aromatic N) is 1. The molecule has 0 aromatic heterocycles. The molecule has 1 fully saturated rings. The van der Waals surface area contributed by atoms with Gasteiger partial charge in [0.2, 0.25) is 0 Å². The first-order chi connectivity index (χ1) is 13.8. The quantitative estimate of drug-likeness (QED) is 0.696. The Morgan fingerprint density at radius 3 is 2.79 bits per heavy atom. The maximum atomic E-state index is 12.9. The van der Waals surface area contributed by atoms with Crippen molar-refractivity contribution < 1.29 is 17.9 Å². The van der Waals surface area contributed by atoms with Gasteiger partial charge in [-0.05, 0) is 56.2 Å². The number of nitrogens with one attached hydrogen (secondary N) is 1. The summed E-state index contributed by atoms with van der Waals surface area (Å²) < 4.78 is 33.5. The maximum Gasteiger partial charge on any atom is 0.263 e.